The van der Waals surface area contributed by atoms with Crippen LogP contribution in [0.25, 0.3) is 0 Å². The molecule has 0 spiro atoms. The summed E-state index contributed by atoms with van der Waals surface area (Å²) in [6.07, 6.45) is 1.32. The van der Waals surface area contributed by atoms with Gasteiger partial charge in [0, 0.05) is 6.61 Å². The zero-order chi connectivity index (χ0) is 9.14. The molecule has 3 heteroatoms. The Labute approximate surface area is 73.9 Å². The lowest BCUT2D eigenvalue weighted by Crippen LogP contribution is -2.46. The third-order valence-electron chi connectivity index (χ3n) is 2.48. The topological polar surface area (TPSA) is 47.3 Å². The van der Waals surface area contributed by atoms with Crippen LogP contribution in [0, 0.1) is 5.92 Å². The molecule has 1 saturated heterocycles. The van der Waals surface area contributed by atoms with Crippen molar-refractivity contribution < 1.29 is 4.74 Å². The Hall–Kier alpha value is -0.380. The van der Waals surface area contributed by atoms with Crippen molar-refractivity contribution in [2.24, 2.45) is 11.8 Å². The van der Waals surface area contributed by atoms with Crippen LogP contribution >= 0.6 is 0 Å². The lowest BCUT2D eigenvalue weighted by Gasteiger charge is -2.25. The third kappa shape index (κ3) is 1.86. The van der Waals surface area contributed by atoms with Crippen LogP contribution < -0.4 is 11.3 Å². The van der Waals surface area contributed by atoms with E-state index in [2.05, 4.69) is 18.9 Å². The Morgan fingerprint density at radius 3 is 2.75 bits per heavy atom. The summed E-state index contributed by atoms with van der Waals surface area (Å²) >= 11 is 0. The van der Waals surface area contributed by atoms with Crippen molar-refractivity contribution in [1.82, 2.24) is 5.43 Å². The van der Waals surface area contributed by atoms with Gasteiger partial charge >= 0.3 is 0 Å². The van der Waals surface area contributed by atoms with E-state index in [1.165, 1.54) is 0 Å². The van der Waals surface area contributed by atoms with E-state index >= 15 is 0 Å². The molecule has 0 radical (unpaired) electrons. The van der Waals surface area contributed by atoms with Crippen LogP contribution in [0.2, 0.25) is 0 Å². The summed E-state index contributed by atoms with van der Waals surface area (Å²) in [7, 11) is 0. The Balaban J connectivity index is 2.58. The summed E-state index contributed by atoms with van der Waals surface area (Å²) in [5.41, 5.74) is 3.79. The number of hydrazine groups is 1. The van der Waals surface area contributed by atoms with Crippen LogP contribution in [0.1, 0.15) is 20.3 Å². The lowest BCUT2D eigenvalue weighted by atomic mass is 9.94. The quantitative estimate of drug-likeness (QED) is 0.374. The highest BCUT2D eigenvalue weighted by atomic mass is 16.5. The van der Waals surface area contributed by atoms with Gasteiger partial charge in [0.25, 0.3) is 0 Å². The normalized spacial score (nSPS) is 31.9. The molecule has 0 bridgehead atoms. The maximum absolute atomic E-state index is 5.58. The van der Waals surface area contributed by atoms with Crippen molar-refractivity contribution in [2.45, 2.75) is 32.4 Å². The van der Waals surface area contributed by atoms with Crippen LogP contribution in [0.4, 0.5) is 0 Å². The second kappa shape index (κ2) is 4.03. The van der Waals surface area contributed by atoms with Crippen molar-refractivity contribution >= 4 is 0 Å². The summed E-state index contributed by atoms with van der Waals surface area (Å²) in [5, 5.41) is 0. The molecule has 0 aromatic heterocycles. The molecule has 1 aliphatic rings. The molecule has 70 valence electrons. The van der Waals surface area contributed by atoms with E-state index in [4.69, 9.17) is 10.6 Å². The zero-order valence-corrected chi connectivity index (χ0v) is 7.84. The number of rotatable bonds is 3. The van der Waals surface area contributed by atoms with Crippen LogP contribution in [-0.2, 0) is 4.74 Å². The van der Waals surface area contributed by atoms with Gasteiger partial charge in [-0.15, -0.1) is 0 Å². The van der Waals surface area contributed by atoms with Crippen molar-refractivity contribution in [1.29, 1.82) is 0 Å². The van der Waals surface area contributed by atoms with E-state index in [0.29, 0.717) is 5.92 Å². The maximum atomic E-state index is 5.58. The number of hydrogen-bond donors (Lipinski definition) is 2. The Morgan fingerprint density at radius 1 is 1.75 bits per heavy atom. The van der Waals surface area contributed by atoms with Gasteiger partial charge < -0.3 is 4.74 Å². The summed E-state index contributed by atoms with van der Waals surface area (Å²) in [5.74, 6) is 6.00. The fourth-order valence-electron chi connectivity index (χ4n) is 1.66. The van der Waals surface area contributed by atoms with Crippen molar-refractivity contribution in [2.75, 3.05) is 6.61 Å². The van der Waals surface area contributed by atoms with Crippen molar-refractivity contribution in [3.8, 4) is 0 Å². The van der Waals surface area contributed by atoms with Gasteiger partial charge in [0.1, 0.15) is 0 Å². The Morgan fingerprint density at radius 2 is 2.42 bits per heavy atom. The second-order valence-electron chi connectivity index (χ2n) is 3.59. The molecule has 0 aliphatic carbocycles. The average molecular weight is 170 g/mol. The molecule has 3 N–H and O–H groups in total. The van der Waals surface area contributed by atoms with Gasteiger partial charge in [-0.3, -0.25) is 11.3 Å². The fraction of sp³-hybridized carbons (Fsp3) is 0.778. The van der Waals surface area contributed by atoms with E-state index in [9.17, 15) is 0 Å². The van der Waals surface area contributed by atoms with Crippen LogP contribution in [0.3, 0.4) is 0 Å². The van der Waals surface area contributed by atoms with Gasteiger partial charge in [0.2, 0.25) is 0 Å². The summed E-state index contributed by atoms with van der Waals surface area (Å²) < 4.78 is 5.58. The highest BCUT2D eigenvalue weighted by Gasteiger charge is 2.31. The molecular formula is C9H18N2O. The van der Waals surface area contributed by atoms with Gasteiger partial charge in [-0.25, -0.2) is 0 Å². The molecule has 1 fully saturated rings. The largest absolute Gasteiger partial charge is 0.376 e. The van der Waals surface area contributed by atoms with Gasteiger partial charge in [-0.1, -0.05) is 19.1 Å². The molecule has 0 aromatic rings. The van der Waals surface area contributed by atoms with E-state index in [1.807, 2.05) is 6.92 Å². The molecule has 0 amide bonds. The first kappa shape index (κ1) is 9.71. The summed E-state index contributed by atoms with van der Waals surface area (Å²) in [4.78, 5) is 0. The lowest BCUT2D eigenvalue weighted by molar-refractivity contribution is 0.0714. The molecule has 3 nitrogen and oxygen atoms in total. The van der Waals surface area contributed by atoms with Crippen LogP contribution in [0.5, 0.6) is 0 Å². The molecule has 1 aliphatic heterocycles. The maximum Gasteiger partial charge on any atom is 0.0805 e. The van der Waals surface area contributed by atoms with Gasteiger partial charge in [-0.2, -0.15) is 0 Å². The van der Waals surface area contributed by atoms with E-state index in [-0.39, 0.29) is 12.1 Å². The monoisotopic (exact) mass is 170 g/mol. The molecule has 0 aromatic carbocycles. The highest BCUT2D eigenvalue weighted by molar-refractivity contribution is 5.06. The van der Waals surface area contributed by atoms with Crippen LogP contribution in [-0.4, -0.2) is 18.8 Å². The van der Waals surface area contributed by atoms with Crippen molar-refractivity contribution in [3.63, 3.8) is 0 Å². The van der Waals surface area contributed by atoms with Gasteiger partial charge in [-0.05, 0) is 19.3 Å². The molecule has 12 heavy (non-hydrogen) atoms. The highest BCUT2D eigenvalue weighted by Crippen LogP contribution is 2.24. The minimum Gasteiger partial charge on any atom is -0.376 e. The third-order valence-corrected chi connectivity index (χ3v) is 2.48. The Bertz CT molecular complexity index is 170. The Kier molecular flexibility index (Phi) is 3.26. The number of nitrogens with two attached hydrogens (primary N) is 1. The van der Waals surface area contributed by atoms with E-state index in [1.54, 1.807) is 0 Å². The number of ether oxygens (including phenoxy) is 1. The SMILES string of the molecule is C=C(C)C(NN)C1OCCC1C. The minimum absolute atomic E-state index is 0.0995. The molecule has 0 saturated carbocycles. The summed E-state index contributed by atoms with van der Waals surface area (Å²) in [6, 6.07) is 0.0995. The first-order chi connectivity index (χ1) is 5.66. The molecular weight excluding hydrogens is 152 g/mol. The fourth-order valence-corrected chi connectivity index (χ4v) is 1.66. The predicted octanol–water partition coefficient (Wildman–Crippen LogP) is 0.819. The van der Waals surface area contributed by atoms with Gasteiger partial charge in [0.15, 0.2) is 0 Å². The molecule has 1 heterocycles. The first-order valence-corrected chi connectivity index (χ1v) is 4.40. The first-order valence-electron chi connectivity index (χ1n) is 4.40. The average Bonchev–Trinajstić information content (AvgIpc) is 2.38. The number of nitrogens with one attached hydrogen (secondary N) is 1. The standard InChI is InChI=1S/C9H18N2O/c1-6(2)8(11-10)9-7(3)4-5-12-9/h7-9,11H,1,4-5,10H2,2-3H3. The number of hydrogen-bond acceptors (Lipinski definition) is 3. The van der Waals surface area contributed by atoms with Crippen molar-refractivity contribution in [3.05, 3.63) is 12.2 Å². The van der Waals surface area contributed by atoms with Crippen LogP contribution in [0.15, 0.2) is 12.2 Å². The molecule has 1 rings (SSSR count). The smallest absolute Gasteiger partial charge is 0.0805 e. The predicted molar refractivity (Wildman–Crippen MR) is 49.4 cm³/mol. The second-order valence-corrected chi connectivity index (χ2v) is 3.59. The molecule has 3 atom stereocenters. The molecule has 3 unspecified atom stereocenters. The van der Waals surface area contributed by atoms with E-state index in [0.717, 1.165) is 18.6 Å². The zero-order valence-electron chi connectivity index (χ0n) is 7.84. The summed E-state index contributed by atoms with van der Waals surface area (Å²) in [6.45, 7) is 8.88. The van der Waals surface area contributed by atoms with E-state index < -0.39 is 0 Å². The van der Waals surface area contributed by atoms with Gasteiger partial charge in [0.05, 0.1) is 12.1 Å². The minimum atomic E-state index is 0.0995.